The minimum Gasteiger partial charge on any atom is -0.476 e. The first-order valence-electron chi connectivity index (χ1n) is 7.48. The zero-order valence-corrected chi connectivity index (χ0v) is 12.6. The molecule has 1 N–H and O–H groups in total. The average molecular weight is 301 g/mol. The standard InChI is InChI=1S/C15H19N5O2/c1-3-4-6-15(18-19-15)7-5-13(21)17-12-8-16-20-9-11(2)10-22-14(12)20/h1,8,11H,4-7,9-10H2,2H3,(H,17,21). The fourth-order valence-corrected chi connectivity index (χ4v) is 2.51. The van der Waals surface area contributed by atoms with Gasteiger partial charge in [0.25, 0.3) is 0 Å². The van der Waals surface area contributed by atoms with Gasteiger partial charge in [0.1, 0.15) is 5.69 Å². The van der Waals surface area contributed by atoms with Gasteiger partial charge < -0.3 is 10.1 Å². The molecule has 0 spiro atoms. The van der Waals surface area contributed by atoms with E-state index in [1.54, 1.807) is 10.9 Å². The van der Waals surface area contributed by atoms with Crippen molar-refractivity contribution in [2.75, 3.05) is 11.9 Å². The van der Waals surface area contributed by atoms with Gasteiger partial charge in [-0.25, -0.2) is 4.68 Å². The van der Waals surface area contributed by atoms with Crippen LogP contribution in [-0.4, -0.2) is 28.0 Å². The quantitative estimate of drug-likeness (QED) is 0.818. The number of nitrogens with zero attached hydrogens (tertiary/aromatic N) is 4. The van der Waals surface area contributed by atoms with Crippen molar-refractivity contribution < 1.29 is 9.53 Å². The van der Waals surface area contributed by atoms with Gasteiger partial charge in [-0.3, -0.25) is 4.79 Å². The molecule has 22 heavy (non-hydrogen) atoms. The van der Waals surface area contributed by atoms with E-state index in [9.17, 15) is 4.79 Å². The van der Waals surface area contributed by atoms with Crippen LogP contribution >= 0.6 is 0 Å². The molecule has 1 atom stereocenters. The van der Waals surface area contributed by atoms with Crippen molar-refractivity contribution in [3.63, 3.8) is 0 Å². The molecule has 0 fully saturated rings. The molecular formula is C15H19N5O2. The Labute approximate surface area is 129 Å². The van der Waals surface area contributed by atoms with Gasteiger partial charge in [-0.15, -0.1) is 12.3 Å². The maximum Gasteiger partial charge on any atom is 0.236 e. The lowest BCUT2D eigenvalue weighted by molar-refractivity contribution is -0.116. The molecule has 116 valence electrons. The third-order valence-corrected chi connectivity index (χ3v) is 3.86. The molecule has 1 aromatic heterocycles. The van der Waals surface area contributed by atoms with Gasteiger partial charge in [0, 0.05) is 31.6 Å². The molecule has 0 radical (unpaired) electrons. The van der Waals surface area contributed by atoms with Crippen molar-refractivity contribution in [3.05, 3.63) is 6.20 Å². The van der Waals surface area contributed by atoms with Gasteiger partial charge in [-0.2, -0.15) is 15.3 Å². The van der Waals surface area contributed by atoms with Crippen LogP contribution in [0.15, 0.2) is 16.4 Å². The van der Waals surface area contributed by atoms with Crippen LogP contribution in [0.2, 0.25) is 0 Å². The summed E-state index contributed by atoms with van der Waals surface area (Å²) in [5.41, 5.74) is 0.202. The predicted molar refractivity (Wildman–Crippen MR) is 80.4 cm³/mol. The topological polar surface area (TPSA) is 80.9 Å². The molecule has 1 aromatic rings. The van der Waals surface area contributed by atoms with Crippen LogP contribution in [0.4, 0.5) is 5.69 Å². The SMILES string of the molecule is C#CCCC1(CCC(=O)Nc2cnn3c2OCC(C)C3)N=N1. The van der Waals surface area contributed by atoms with E-state index in [0.29, 0.717) is 49.8 Å². The average Bonchev–Trinajstić information content (AvgIpc) is 3.18. The molecule has 2 aliphatic heterocycles. The van der Waals surface area contributed by atoms with E-state index in [4.69, 9.17) is 11.2 Å². The largest absolute Gasteiger partial charge is 0.476 e. The second kappa shape index (κ2) is 5.79. The van der Waals surface area contributed by atoms with Gasteiger partial charge in [-0.1, -0.05) is 6.92 Å². The first kappa shape index (κ1) is 14.6. The molecule has 1 amide bonds. The highest BCUT2D eigenvalue weighted by Gasteiger charge is 2.39. The Balaban J connectivity index is 1.52. The lowest BCUT2D eigenvalue weighted by atomic mass is 10.0. The lowest BCUT2D eigenvalue weighted by Gasteiger charge is -2.21. The maximum atomic E-state index is 12.1. The highest BCUT2D eigenvalue weighted by atomic mass is 16.5. The van der Waals surface area contributed by atoms with E-state index in [-0.39, 0.29) is 5.91 Å². The minimum atomic E-state index is -0.423. The number of amides is 1. The van der Waals surface area contributed by atoms with Crippen LogP contribution in [0.25, 0.3) is 0 Å². The molecular weight excluding hydrogens is 282 g/mol. The summed E-state index contributed by atoms with van der Waals surface area (Å²) in [4.78, 5) is 12.1. The van der Waals surface area contributed by atoms with Gasteiger partial charge in [0.05, 0.1) is 19.3 Å². The number of anilines is 1. The van der Waals surface area contributed by atoms with Gasteiger partial charge in [0.2, 0.25) is 11.8 Å². The summed E-state index contributed by atoms with van der Waals surface area (Å²) < 4.78 is 7.43. The summed E-state index contributed by atoms with van der Waals surface area (Å²) in [6.07, 6.45) is 9.14. The Morgan fingerprint density at radius 3 is 3.14 bits per heavy atom. The van der Waals surface area contributed by atoms with Crippen molar-refractivity contribution in [2.45, 2.75) is 44.8 Å². The number of terminal acetylenes is 1. The molecule has 0 aliphatic carbocycles. The van der Waals surface area contributed by atoms with Crippen molar-refractivity contribution in [1.82, 2.24) is 9.78 Å². The van der Waals surface area contributed by atoms with Crippen molar-refractivity contribution >= 4 is 11.6 Å². The summed E-state index contributed by atoms with van der Waals surface area (Å²) in [5, 5.41) is 15.1. The van der Waals surface area contributed by atoms with E-state index in [2.05, 4.69) is 33.5 Å². The molecule has 7 nitrogen and oxygen atoms in total. The number of rotatable bonds is 6. The smallest absolute Gasteiger partial charge is 0.236 e. The van der Waals surface area contributed by atoms with Crippen molar-refractivity contribution in [3.8, 4) is 18.2 Å². The van der Waals surface area contributed by atoms with E-state index in [1.807, 2.05) is 0 Å². The fourth-order valence-electron chi connectivity index (χ4n) is 2.51. The lowest BCUT2D eigenvalue weighted by Crippen LogP contribution is -2.24. The number of carbonyl (C=O) groups excluding carboxylic acids is 1. The zero-order chi connectivity index (χ0) is 15.6. The Kier molecular flexibility index (Phi) is 3.84. The predicted octanol–water partition coefficient (Wildman–Crippen LogP) is 2.21. The third kappa shape index (κ3) is 3.11. The molecule has 0 saturated heterocycles. The second-order valence-electron chi connectivity index (χ2n) is 5.90. The Hall–Kier alpha value is -2.36. The molecule has 0 aromatic carbocycles. The third-order valence-electron chi connectivity index (χ3n) is 3.86. The van der Waals surface area contributed by atoms with Crippen LogP contribution < -0.4 is 10.1 Å². The number of hydrogen-bond acceptors (Lipinski definition) is 5. The first-order valence-corrected chi connectivity index (χ1v) is 7.48. The molecule has 2 aliphatic rings. The van der Waals surface area contributed by atoms with Gasteiger partial charge in [-0.05, 0) is 0 Å². The van der Waals surface area contributed by atoms with Gasteiger partial charge >= 0.3 is 0 Å². The highest BCUT2D eigenvalue weighted by molar-refractivity contribution is 5.91. The fraction of sp³-hybridized carbons (Fsp3) is 0.600. The van der Waals surface area contributed by atoms with Crippen molar-refractivity contribution in [1.29, 1.82) is 0 Å². The van der Waals surface area contributed by atoms with E-state index >= 15 is 0 Å². The normalized spacial score (nSPS) is 20.6. The van der Waals surface area contributed by atoms with Crippen LogP contribution in [0.3, 0.4) is 0 Å². The molecule has 0 saturated carbocycles. The van der Waals surface area contributed by atoms with E-state index in [0.717, 1.165) is 6.54 Å². The van der Waals surface area contributed by atoms with Crippen LogP contribution in [0.5, 0.6) is 5.88 Å². The van der Waals surface area contributed by atoms with E-state index < -0.39 is 5.66 Å². The molecule has 3 heterocycles. The Morgan fingerprint density at radius 1 is 1.59 bits per heavy atom. The summed E-state index contributed by atoms with van der Waals surface area (Å²) in [6.45, 7) is 3.54. The summed E-state index contributed by atoms with van der Waals surface area (Å²) >= 11 is 0. The van der Waals surface area contributed by atoms with Crippen LogP contribution in [0, 0.1) is 18.3 Å². The zero-order valence-electron chi connectivity index (χ0n) is 12.6. The number of ether oxygens (including phenoxy) is 1. The first-order chi connectivity index (χ1) is 10.6. The summed E-state index contributed by atoms with van der Waals surface area (Å²) in [6, 6.07) is 0. The number of fused-ring (bicyclic) bond motifs is 1. The second-order valence-corrected chi connectivity index (χ2v) is 5.90. The number of aromatic nitrogens is 2. The molecule has 3 rings (SSSR count). The number of carbonyl (C=O) groups is 1. The molecule has 1 unspecified atom stereocenters. The summed E-state index contributed by atoms with van der Waals surface area (Å²) in [7, 11) is 0. The number of nitrogens with one attached hydrogen (secondary N) is 1. The maximum absolute atomic E-state index is 12.1. The molecule has 7 heteroatoms. The van der Waals surface area contributed by atoms with Crippen LogP contribution in [-0.2, 0) is 11.3 Å². The molecule has 0 bridgehead atoms. The van der Waals surface area contributed by atoms with Gasteiger partial charge in [0.15, 0.2) is 5.66 Å². The summed E-state index contributed by atoms with van der Waals surface area (Å²) in [5.74, 6) is 3.54. The number of hydrogen-bond donors (Lipinski definition) is 1. The monoisotopic (exact) mass is 301 g/mol. The van der Waals surface area contributed by atoms with Crippen LogP contribution in [0.1, 0.15) is 32.6 Å². The van der Waals surface area contributed by atoms with Crippen molar-refractivity contribution in [2.24, 2.45) is 16.1 Å². The minimum absolute atomic E-state index is 0.0876. The van der Waals surface area contributed by atoms with E-state index in [1.165, 1.54) is 0 Å². The Bertz CT molecular complexity index is 637. The highest BCUT2D eigenvalue weighted by Crippen LogP contribution is 2.37. The Morgan fingerprint density at radius 2 is 2.41 bits per heavy atom.